The monoisotopic (exact) mass is 95.1 g/mol. The van der Waals surface area contributed by atoms with Crippen molar-refractivity contribution in [1.29, 1.82) is 0 Å². The minimum Gasteiger partial charge on any atom is -0.382 e. The van der Waals surface area contributed by atoms with Crippen LogP contribution < -0.4 is 17.4 Å². The van der Waals surface area contributed by atoms with Gasteiger partial charge in [0.05, 0.1) is 6.73 Å². The molecule has 6 heavy (non-hydrogen) atoms. The van der Waals surface area contributed by atoms with Crippen LogP contribution in [0.4, 0.5) is 0 Å². The van der Waals surface area contributed by atoms with E-state index in [1.54, 1.807) is 0 Å². The van der Waals surface area contributed by atoms with Crippen molar-refractivity contribution in [2.75, 3.05) is 6.73 Å². The highest BCUT2D eigenvalue weighted by Crippen LogP contribution is 1.04. The van der Waals surface area contributed by atoms with E-state index < -0.39 is 0 Å². The third-order valence-corrected chi connectivity index (χ3v) is 0. The SMILES string of the molecule is C.NCO.NN. The quantitative estimate of drug-likeness (QED) is 0.164. The van der Waals surface area contributed by atoms with E-state index in [2.05, 4.69) is 17.4 Å². The van der Waals surface area contributed by atoms with Gasteiger partial charge in [-0.05, 0) is 0 Å². The maximum absolute atomic E-state index is 7.35. The third-order valence-electron chi connectivity index (χ3n) is 0. The minimum absolute atomic E-state index is 0. The Kier molecular flexibility index (Phi) is 286. The van der Waals surface area contributed by atoms with Gasteiger partial charge in [0.2, 0.25) is 0 Å². The first-order valence-electron chi connectivity index (χ1n) is 1.06. The van der Waals surface area contributed by atoms with Crippen molar-refractivity contribution in [3.05, 3.63) is 0 Å². The summed E-state index contributed by atoms with van der Waals surface area (Å²) in [6.07, 6.45) is 0. The normalized spacial score (nSPS) is 4.00. The van der Waals surface area contributed by atoms with Crippen molar-refractivity contribution in [2.24, 2.45) is 17.4 Å². The molecule has 0 aromatic heterocycles. The molecule has 0 atom stereocenters. The molecule has 0 saturated heterocycles. The molecule has 0 bridgehead atoms. The molecule has 42 valence electrons. The Morgan fingerprint density at radius 1 is 1.33 bits per heavy atom. The van der Waals surface area contributed by atoms with Crippen LogP contribution in [-0.2, 0) is 0 Å². The number of hydrazine groups is 1. The van der Waals surface area contributed by atoms with Gasteiger partial charge in [0.1, 0.15) is 0 Å². The van der Waals surface area contributed by atoms with Crippen molar-refractivity contribution in [1.82, 2.24) is 0 Å². The van der Waals surface area contributed by atoms with E-state index in [-0.39, 0.29) is 14.2 Å². The molecule has 0 radical (unpaired) electrons. The molecular weight excluding hydrogens is 82.0 g/mol. The van der Waals surface area contributed by atoms with Crippen LogP contribution in [0.15, 0.2) is 0 Å². The molecule has 0 aliphatic carbocycles. The molecular formula is C2H13N3O. The molecule has 0 heterocycles. The summed E-state index contributed by atoms with van der Waals surface area (Å²) in [5.74, 6) is 8.00. The Labute approximate surface area is 37.9 Å². The van der Waals surface area contributed by atoms with E-state index in [9.17, 15) is 0 Å². The zero-order valence-corrected chi connectivity index (χ0v) is 2.89. The van der Waals surface area contributed by atoms with Crippen molar-refractivity contribution < 1.29 is 5.11 Å². The maximum Gasteiger partial charge on any atom is 0.0906 e. The van der Waals surface area contributed by atoms with E-state index in [1.165, 1.54) is 0 Å². The number of nitrogens with two attached hydrogens (primary N) is 3. The van der Waals surface area contributed by atoms with E-state index in [1.807, 2.05) is 0 Å². The molecule has 0 spiro atoms. The zero-order valence-electron chi connectivity index (χ0n) is 2.89. The van der Waals surface area contributed by atoms with Crippen molar-refractivity contribution in [3.63, 3.8) is 0 Å². The highest BCUT2D eigenvalue weighted by Gasteiger charge is 1.30. The fourth-order valence-corrected chi connectivity index (χ4v) is 0. The highest BCUT2D eigenvalue weighted by molar-refractivity contribution is 3.76. The summed E-state index contributed by atoms with van der Waals surface area (Å²) >= 11 is 0. The van der Waals surface area contributed by atoms with Gasteiger partial charge in [-0.3, -0.25) is 11.7 Å². The van der Waals surface area contributed by atoms with Crippen molar-refractivity contribution >= 4 is 0 Å². The van der Waals surface area contributed by atoms with E-state index in [0.29, 0.717) is 0 Å². The molecule has 0 fully saturated rings. The van der Waals surface area contributed by atoms with Gasteiger partial charge >= 0.3 is 0 Å². The van der Waals surface area contributed by atoms with Gasteiger partial charge in [0, 0.05) is 0 Å². The lowest BCUT2D eigenvalue weighted by atomic mass is 11.4. The molecule has 0 saturated carbocycles. The predicted molar refractivity (Wildman–Crippen MR) is 26.4 cm³/mol. The first kappa shape index (κ1) is 17.0. The van der Waals surface area contributed by atoms with Gasteiger partial charge in [-0.25, -0.2) is 0 Å². The van der Waals surface area contributed by atoms with Gasteiger partial charge in [0.15, 0.2) is 0 Å². The first-order chi connectivity index (χ1) is 2.41. The van der Waals surface area contributed by atoms with Crippen molar-refractivity contribution in [3.8, 4) is 0 Å². The fourth-order valence-electron chi connectivity index (χ4n) is 0. The number of hydrogen-bond acceptors (Lipinski definition) is 4. The van der Waals surface area contributed by atoms with Crippen LogP contribution in [0, 0.1) is 0 Å². The fraction of sp³-hybridized carbons (Fsp3) is 1.00. The maximum atomic E-state index is 7.35. The molecule has 4 nitrogen and oxygen atoms in total. The smallest absolute Gasteiger partial charge is 0.0906 e. The molecule has 0 unspecified atom stereocenters. The summed E-state index contributed by atoms with van der Waals surface area (Å²) in [6.45, 7) is -0.250. The van der Waals surface area contributed by atoms with E-state index >= 15 is 0 Å². The zero-order chi connectivity index (χ0) is 4.71. The molecule has 4 heteroatoms. The lowest BCUT2D eigenvalue weighted by molar-refractivity contribution is 0.307. The standard InChI is InChI=1S/CH5NO.CH4.H4N2/c2-1-3;;1-2/h3H,1-2H2;1H4;1-2H2. The first-order valence-corrected chi connectivity index (χ1v) is 1.06. The van der Waals surface area contributed by atoms with Crippen LogP contribution in [-0.4, -0.2) is 11.8 Å². The summed E-state index contributed by atoms with van der Waals surface area (Å²) in [5, 5.41) is 7.35. The average molecular weight is 95.1 g/mol. The summed E-state index contributed by atoms with van der Waals surface area (Å²) in [4.78, 5) is 0. The lowest BCUT2D eigenvalue weighted by Crippen LogP contribution is -2.02. The average Bonchev–Trinajstić information content (AvgIpc) is 1.46. The second-order valence-electron chi connectivity index (χ2n) is 0.183. The molecule has 0 aromatic carbocycles. The molecule has 0 amide bonds. The summed E-state index contributed by atoms with van der Waals surface area (Å²) in [7, 11) is 0. The van der Waals surface area contributed by atoms with Gasteiger partial charge < -0.3 is 10.8 Å². The van der Waals surface area contributed by atoms with E-state index in [4.69, 9.17) is 5.11 Å². The molecule has 0 rings (SSSR count). The predicted octanol–water partition coefficient (Wildman–Crippen LogP) is -1.65. The Balaban J connectivity index is -0.0000000275. The van der Waals surface area contributed by atoms with Crippen LogP contribution in [0.2, 0.25) is 0 Å². The van der Waals surface area contributed by atoms with Crippen LogP contribution in [0.5, 0.6) is 0 Å². The highest BCUT2D eigenvalue weighted by atomic mass is 16.3. The topological polar surface area (TPSA) is 98.3 Å². The van der Waals surface area contributed by atoms with Crippen LogP contribution >= 0.6 is 0 Å². The van der Waals surface area contributed by atoms with Gasteiger partial charge in [-0.1, -0.05) is 7.43 Å². The van der Waals surface area contributed by atoms with Crippen LogP contribution in [0.25, 0.3) is 0 Å². The third kappa shape index (κ3) is 1210. The molecule has 0 aliphatic heterocycles. The largest absolute Gasteiger partial charge is 0.382 e. The van der Waals surface area contributed by atoms with Gasteiger partial charge in [-0.2, -0.15) is 0 Å². The second-order valence-corrected chi connectivity index (χ2v) is 0.183. The number of aliphatic hydroxyl groups excluding tert-OH is 1. The van der Waals surface area contributed by atoms with Gasteiger partial charge in [-0.15, -0.1) is 0 Å². The second kappa shape index (κ2) is 101. The van der Waals surface area contributed by atoms with Gasteiger partial charge in [0.25, 0.3) is 0 Å². The van der Waals surface area contributed by atoms with Crippen LogP contribution in [0.3, 0.4) is 0 Å². The van der Waals surface area contributed by atoms with Crippen LogP contribution in [0.1, 0.15) is 7.43 Å². The Bertz CT molecular complexity index is 8.75. The molecule has 0 aromatic rings. The van der Waals surface area contributed by atoms with E-state index in [0.717, 1.165) is 0 Å². The minimum atomic E-state index is -0.250. The molecule has 0 aliphatic rings. The molecule has 7 N–H and O–H groups in total. The summed E-state index contributed by atoms with van der Waals surface area (Å²) in [6, 6.07) is 0. The summed E-state index contributed by atoms with van der Waals surface area (Å²) < 4.78 is 0. The lowest BCUT2D eigenvalue weighted by Gasteiger charge is -1.56. The Hall–Kier alpha value is -0.160. The number of aliphatic hydroxyl groups is 1. The Morgan fingerprint density at radius 3 is 1.33 bits per heavy atom. The Morgan fingerprint density at radius 2 is 1.33 bits per heavy atom. The van der Waals surface area contributed by atoms with Crippen molar-refractivity contribution in [2.45, 2.75) is 7.43 Å². The summed E-state index contributed by atoms with van der Waals surface area (Å²) in [5.41, 5.74) is 4.40. The number of hydrogen-bond donors (Lipinski definition) is 4. The number of rotatable bonds is 0.